The summed E-state index contributed by atoms with van der Waals surface area (Å²) in [4.78, 5) is 15.9. The van der Waals surface area contributed by atoms with E-state index in [4.69, 9.17) is 0 Å². The molecule has 0 atom stereocenters. The Hall–Kier alpha value is -1.40. The van der Waals surface area contributed by atoms with Gasteiger partial charge in [0.15, 0.2) is 4.34 Å². The minimum Gasteiger partial charge on any atom is -0.355 e. The predicted molar refractivity (Wildman–Crippen MR) is 81.5 cm³/mol. The molecule has 0 spiro atoms. The largest absolute Gasteiger partial charge is 0.355 e. The van der Waals surface area contributed by atoms with E-state index in [9.17, 15) is 9.18 Å². The van der Waals surface area contributed by atoms with Gasteiger partial charge in [-0.2, -0.15) is 0 Å². The maximum Gasteiger partial charge on any atom is 0.230 e. The van der Waals surface area contributed by atoms with Gasteiger partial charge < -0.3 is 5.32 Å². The van der Waals surface area contributed by atoms with Crippen LogP contribution in [0.15, 0.2) is 34.0 Å². The molecular formula is C14H15FN2OS2. The van der Waals surface area contributed by atoms with Crippen molar-refractivity contribution in [1.29, 1.82) is 0 Å². The molecule has 0 bridgehead atoms. The average Bonchev–Trinajstić information content (AvgIpc) is 2.92. The van der Waals surface area contributed by atoms with Crippen molar-refractivity contribution in [2.24, 2.45) is 0 Å². The lowest BCUT2D eigenvalue weighted by atomic mass is 10.2. The van der Waals surface area contributed by atoms with Gasteiger partial charge >= 0.3 is 0 Å². The van der Waals surface area contributed by atoms with Crippen molar-refractivity contribution in [3.63, 3.8) is 0 Å². The van der Waals surface area contributed by atoms with Crippen LogP contribution in [0.1, 0.15) is 13.3 Å². The van der Waals surface area contributed by atoms with Crippen LogP contribution in [0.4, 0.5) is 4.39 Å². The molecule has 1 aromatic heterocycles. The van der Waals surface area contributed by atoms with Gasteiger partial charge in [0, 0.05) is 17.5 Å². The van der Waals surface area contributed by atoms with Crippen molar-refractivity contribution in [3.8, 4) is 11.3 Å². The number of rotatable bonds is 6. The molecule has 1 aromatic carbocycles. The van der Waals surface area contributed by atoms with E-state index in [0.29, 0.717) is 12.3 Å². The fourth-order valence-electron chi connectivity index (χ4n) is 1.52. The van der Waals surface area contributed by atoms with E-state index in [1.807, 2.05) is 12.3 Å². The van der Waals surface area contributed by atoms with Gasteiger partial charge in [-0.05, 0) is 30.7 Å². The summed E-state index contributed by atoms with van der Waals surface area (Å²) in [5, 5.41) is 4.74. The molecule has 2 rings (SSSR count). The summed E-state index contributed by atoms with van der Waals surface area (Å²) < 4.78 is 13.7. The third-order valence-corrected chi connectivity index (χ3v) is 4.54. The van der Waals surface area contributed by atoms with Gasteiger partial charge in [0.25, 0.3) is 0 Å². The maximum atomic E-state index is 12.9. The zero-order valence-corrected chi connectivity index (χ0v) is 12.7. The molecule has 1 N–H and O–H groups in total. The van der Waals surface area contributed by atoms with Crippen LogP contribution in [0.2, 0.25) is 0 Å². The number of nitrogens with one attached hydrogen (secondary N) is 1. The van der Waals surface area contributed by atoms with Crippen LogP contribution in [0.5, 0.6) is 0 Å². The molecule has 1 heterocycles. The van der Waals surface area contributed by atoms with Crippen LogP contribution < -0.4 is 5.32 Å². The second-order valence-corrected chi connectivity index (χ2v) is 6.22. The fourth-order valence-corrected chi connectivity index (χ4v) is 3.18. The van der Waals surface area contributed by atoms with Crippen molar-refractivity contribution in [3.05, 3.63) is 35.5 Å². The van der Waals surface area contributed by atoms with Gasteiger partial charge in [-0.25, -0.2) is 9.37 Å². The van der Waals surface area contributed by atoms with Crippen LogP contribution in [-0.4, -0.2) is 23.2 Å². The number of hydrogen-bond acceptors (Lipinski definition) is 4. The summed E-state index contributed by atoms with van der Waals surface area (Å²) in [5.74, 6) is 0.137. The van der Waals surface area contributed by atoms with Crippen molar-refractivity contribution in [1.82, 2.24) is 10.3 Å². The smallest absolute Gasteiger partial charge is 0.230 e. The zero-order valence-electron chi connectivity index (χ0n) is 11.1. The molecule has 0 radical (unpaired) electrons. The standard InChI is InChI=1S/C14H15FN2OS2/c1-2-7-16-13(18)9-20-14-17-12(8-19-14)10-3-5-11(15)6-4-10/h3-6,8H,2,7,9H2,1H3,(H,16,18). The Morgan fingerprint density at radius 3 is 2.85 bits per heavy atom. The Morgan fingerprint density at radius 1 is 1.40 bits per heavy atom. The normalized spacial score (nSPS) is 10.5. The van der Waals surface area contributed by atoms with Crippen LogP contribution >= 0.6 is 23.1 Å². The number of aromatic nitrogens is 1. The summed E-state index contributed by atoms with van der Waals surface area (Å²) >= 11 is 2.91. The molecular weight excluding hydrogens is 295 g/mol. The Labute approximate surface area is 125 Å². The summed E-state index contributed by atoms with van der Waals surface area (Å²) in [6, 6.07) is 6.24. The first kappa shape index (κ1) is 15.0. The number of thioether (sulfide) groups is 1. The number of thiazole rings is 1. The van der Waals surface area contributed by atoms with Crippen molar-refractivity contribution >= 4 is 29.0 Å². The third kappa shape index (κ3) is 4.31. The number of benzene rings is 1. The number of nitrogens with zero attached hydrogens (tertiary/aromatic N) is 1. The second-order valence-electron chi connectivity index (χ2n) is 4.14. The molecule has 0 aliphatic carbocycles. The fraction of sp³-hybridized carbons (Fsp3) is 0.286. The molecule has 0 fully saturated rings. The van der Waals surface area contributed by atoms with E-state index < -0.39 is 0 Å². The third-order valence-electron chi connectivity index (χ3n) is 2.52. The summed E-state index contributed by atoms with van der Waals surface area (Å²) in [6.45, 7) is 2.72. The molecule has 0 saturated carbocycles. The monoisotopic (exact) mass is 310 g/mol. The Bertz CT molecular complexity index is 569. The molecule has 0 saturated heterocycles. The minimum absolute atomic E-state index is 0.0235. The molecule has 3 nitrogen and oxygen atoms in total. The highest BCUT2D eigenvalue weighted by Gasteiger charge is 2.07. The van der Waals surface area contributed by atoms with Gasteiger partial charge in [-0.15, -0.1) is 11.3 Å². The number of carbonyl (C=O) groups excluding carboxylic acids is 1. The van der Waals surface area contributed by atoms with Crippen LogP contribution in [0.25, 0.3) is 11.3 Å². The lowest BCUT2D eigenvalue weighted by molar-refractivity contribution is -0.118. The molecule has 0 aliphatic heterocycles. The first-order chi connectivity index (χ1) is 9.69. The number of hydrogen-bond donors (Lipinski definition) is 1. The van der Waals surface area contributed by atoms with Gasteiger partial charge in [0.05, 0.1) is 11.4 Å². The molecule has 6 heteroatoms. The van der Waals surface area contributed by atoms with E-state index in [0.717, 1.165) is 22.0 Å². The Kier molecular flexibility index (Phi) is 5.55. The summed E-state index contributed by atoms with van der Waals surface area (Å²) in [5.41, 5.74) is 1.69. The molecule has 0 unspecified atom stereocenters. The van der Waals surface area contributed by atoms with E-state index in [1.165, 1.54) is 35.2 Å². The van der Waals surface area contributed by atoms with E-state index in [1.54, 1.807) is 12.1 Å². The Morgan fingerprint density at radius 2 is 2.15 bits per heavy atom. The first-order valence-corrected chi connectivity index (χ1v) is 8.16. The van der Waals surface area contributed by atoms with Crippen molar-refractivity contribution in [2.75, 3.05) is 12.3 Å². The number of carbonyl (C=O) groups is 1. The topological polar surface area (TPSA) is 42.0 Å². The summed E-state index contributed by atoms with van der Waals surface area (Å²) in [6.07, 6.45) is 0.933. The highest BCUT2D eigenvalue weighted by molar-refractivity contribution is 8.01. The molecule has 1 amide bonds. The minimum atomic E-state index is -0.258. The van der Waals surface area contributed by atoms with Crippen LogP contribution in [0, 0.1) is 5.82 Å². The van der Waals surface area contributed by atoms with E-state index in [-0.39, 0.29) is 11.7 Å². The lowest BCUT2D eigenvalue weighted by Gasteiger charge is -2.01. The number of amides is 1. The average molecular weight is 310 g/mol. The van der Waals surface area contributed by atoms with Crippen molar-refractivity contribution in [2.45, 2.75) is 17.7 Å². The summed E-state index contributed by atoms with van der Waals surface area (Å²) in [7, 11) is 0. The molecule has 2 aromatic rings. The predicted octanol–water partition coefficient (Wildman–Crippen LogP) is 3.57. The van der Waals surface area contributed by atoms with E-state index >= 15 is 0 Å². The Balaban J connectivity index is 1.92. The lowest BCUT2D eigenvalue weighted by Crippen LogP contribution is -2.25. The molecule has 0 aliphatic rings. The zero-order chi connectivity index (χ0) is 14.4. The number of halogens is 1. The van der Waals surface area contributed by atoms with E-state index in [2.05, 4.69) is 10.3 Å². The van der Waals surface area contributed by atoms with Crippen LogP contribution in [0.3, 0.4) is 0 Å². The first-order valence-electron chi connectivity index (χ1n) is 6.30. The van der Waals surface area contributed by atoms with Crippen LogP contribution in [-0.2, 0) is 4.79 Å². The second kappa shape index (κ2) is 7.40. The van der Waals surface area contributed by atoms with Crippen molar-refractivity contribution < 1.29 is 9.18 Å². The maximum absolute atomic E-state index is 12.9. The molecule has 106 valence electrons. The molecule has 20 heavy (non-hydrogen) atoms. The quantitative estimate of drug-likeness (QED) is 0.829. The SMILES string of the molecule is CCCNC(=O)CSc1nc(-c2ccc(F)cc2)cs1. The van der Waals surface area contributed by atoms with Gasteiger partial charge in [0.1, 0.15) is 5.82 Å². The van der Waals surface area contributed by atoms with Gasteiger partial charge in [-0.1, -0.05) is 18.7 Å². The highest BCUT2D eigenvalue weighted by Crippen LogP contribution is 2.28. The van der Waals surface area contributed by atoms with Gasteiger partial charge in [0.2, 0.25) is 5.91 Å². The van der Waals surface area contributed by atoms with Gasteiger partial charge in [-0.3, -0.25) is 4.79 Å². The highest BCUT2D eigenvalue weighted by atomic mass is 32.2.